The van der Waals surface area contributed by atoms with Crippen molar-refractivity contribution in [3.63, 3.8) is 0 Å². The summed E-state index contributed by atoms with van der Waals surface area (Å²) < 4.78 is 0.840. The fourth-order valence-electron chi connectivity index (χ4n) is 2.13. The van der Waals surface area contributed by atoms with Crippen LogP contribution in [0.5, 0.6) is 0 Å². The van der Waals surface area contributed by atoms with Gasteiger partial charge in [0.05, 0.1) is 16.3 Å². The lowest BCUT2D eigenvalue weighted by Gasteiger charge is -2.14. The van der Waals surface area contributed by atoms with E-state index >= 15 is 0 Å². The first kappa shape index (κ1) is 14.2. The zero-order valence-corrected chi connectivity index (χ0v) is 13.1. The molecule has 0 radical (unpaired) electrons. The van der Waals surface area contributed by atoms with Gasteiger partial charge in [0, 0.05) is 4.47 Å². The molecule has 0 bridgehead atoms. The summed E-state index contributed by atoms with van der Waals surface area (Å²) in [6.45, 7) is 0. The third-order valence-electron chi connectivity index (χ3n) is 3.12. The van der Waals surface area contributed by atoms with Gasteiger partial charge in [-0.3, -0.25) is 9.59 Å². The maximum atomic E-state index is 11.6. The lowest BCUT2D eigenvalue weighted by atomic mass is 10.1. The standard InChI is InChI=1S/C14H11BrN2O3S/c15-8-3-4-21-14(8)13(20)7-1-2-9-10(5-7)17-12(19)6-11(18)16-9/h1-5,13,20H,6H2,(H,16,18)(H,17,19). The number of amides is 2. The summed E-state index contributed by atoms with van der Waals surface area (Å²) >= 11 is 4.83. The minimum Gasteiger partial charge on any atom is -0.383 e. The summed E-state index contributed by atoms with van der Waals surface area (Å²) in [6, 6.07) is 6.95. The van der Waals surface area contributed by atoms with Gasteiger partial charge in [-0.05, 0) is 45.1 Å². The Bertz CT molecular complexity index is 729. The predicted molar refractivity (Wildman–Crippen MR) is 84.4 cm³/mol. The summed E-state index contributed by atoms with van der Waals surface area (Å²) in [5.74, 6) is -0.712. The molecule has 7 heteroatoms. The van der Waals surface area contributed by atoms with Crippen LogP contribution in [0.3, 0.4) is 0 Å². The number of rotatable bonds is 2. The van der Waals surface area contributed by atoms with Crippen LogP contribution in [0.1, 0.15) is 23.0 Å². The van der Waals surface area contributed by atoms with Crippen molar-refractivity contribution in [1.29, 1.82) is 0 Å². The van der Waals surface area contributed by atoms with Gasteiger partial charge in [-0.2, -0.15) is 0 Å². The number of aliphatic hydroxyl groups excluding tert-OH is 1. The second-order valence-electron chi connectivity index (χ2n) is 4.61. The Hall–Kier alpha value is -1.70. The van der Waals surface area contributed by atoms with Crippen molar-refractivity contribution in [2.45, 2.75) is 12.5 Å². The molecule has 2 heterocycles. The minimum absolute atomic E-state index is 0.205. The number of carbonyl (C=O) groups is 2. The van der Waals surface area contributed by atoms with Crippen LogP contribution in [0.2, 0.25) is 0 Å². The van der Waals surface area contributed by atoms with Gasteiger partial charge in [0.15, 0.2) is 0 Å². The predicted octanol–water partition coefficient (Wildman–Crippen LogP) is 2.87. The Morgan fingerprint density at radius 2 is 1.86 bits per heavy atom. The molecule has 3 N–H and O–H groups in total. The monoisotopic (exact) mass is 366 g/mol. The van der Waals surface area contributed by atoms with Crippen LogP contribution in [-0.4, -0.2) is 16.9 Å². The first-order chi connectivity index (χ1) is 10.0. The molecule has 1 aromatic carbocycles. The van der Waals surface area contributed by atoms with Crippen molar-refractivity contribution in [3.05, 3.63) is 44.6 Å². The molecule has 0 fully saturated rings. The fourth-order valence-corrected chi connectivity index (χ4v) is 3.73. The number of nitrogens with one attached hydrogen (secondary N) is 2. The van der Waals surface area contributed by atoms with Gasteiger partial charge < -0.3 is 15.7 Å². The van der Waals surface area contributed by atoms with E-state index in [2.05, 4.69) is 26.6 Å². The number of halogens is 1. The van der Waals surface area contributed by atoms with Gasteiger partial charge in [-0.1, -0.05) is 6.07 Å². The van der Waals surface area contributed by atoms with Crippen LogP contribution in [0, 0.1) is 0 Å². The summed E-state index contributed by atoms with van der Waals surface area (Å²) in [5.41, 5.74) is 1.68. The molecule has 2 aromatic rings. The largest absolute Gasteiger partial charge is 0.383 e. The van der Waals surface area contributed by atoms with E-state index in [-0.39, 0.29) is 18.2 Å². The van der Waals surface area contributed by atoms with E-state index in [1.165, 1.54) is 11.3 Å². The Labute approximate surface area is 133 Å². The SMILES string of the molecule is O=C1CC(=O)Nc2cc(C(O)c3sccc3Br)ccc2N1. The number of hydrogen-bond acceptors (Lipinski definition) is 4. The molecular weight excluding hydrogens is 356 g/mol. The van der Waals surface area contributed by atoms with Gasteiger partial charge in [0.1, 0.15) is 12.5 Å². The van der Waals surface area contributed by atoms with Crippen LogP contribution >= 0.6 is 27.3 Å². The average Bonchev–Trinajstić information content (AvgIpc) is 2.79. The first-order valence-corrected chi connectivity index (χ1v) is 7.86. The van der Waals surface area contributed by atoms with Gasteiger partial charge in [-0.25, -0.2) is 0 Å². The third kappa shape index (κ3) is 2.85. The highest BCUT2D eigenvalue weighted by Crippen LogP contribution is 2.35. The van der Waals surface area contributed by atoms with E-state index in [9.17, 15) is 14.7 Å². The molecular formula is C14H11BrN2O3S. The number of hydrogen-bond donors (Lipinski definition) is 3. The van der Waals surface area contributed by atoms with Crippen molar-refractivity contribution >= 4 is 50.5 Å². The summed E-state index contributed by atoms with van der Waals surface area (Å²) in [6.07, 6.45) is -0.996. The van der Waals surface area contributed by atoms with Crippen LogP contribution in [-0.2, 0) is 9.59 Å². The first-order valence-electron chi connectivity index (χ1n) is 6.19. The normalized spacial score (nSPS) is 15.7. The molecule has 5 nitrogen and oxygen atoms in total. The van der Waals surface area contributed by atoms with Gasteiger partial charge in [0.25, 0.3) is 0 Å². The van der Waals surface area contributed by atoms with E-state index in [1.807, 2.05) is 11.4 Å². The maximum absolute atomic E-state index is 11.6. The number of benzene rings is 1. The number of fused-ring (bicyclic) bond motifs is 1. The van der Waals surface area contributed by atoms with Crippen molar-refractivity contribution < 1.29 is 14.7 Å². The molecule has 3 rings (SSSR count). The second kappa shape index (κ2) is 5.59. The van der Waals surface area contributed by atoms with Gasteiger partial charge in [0.2, 0.25) is 11.8 Å². The van der Waals surface area contributed by atoms with E-state index in [0.29, 0.717) is 16.9 Å². The highest BCUT2D eigenvalue weighted by atomic mass is 79.9. The van der Waals surface area contributed by atoms with E-state index in [4.69, 9.17) is 0 Å². The molecule has 1 unspecified atom stereocenters. The number of anilines is 2. The lowest BCUT2D eigenvalue weighted by molar-refractivity contribution is -0.123. The molecule has 2 amide bonds. The molecule has 0 saturated heterocycles. The Morgan fingerprint density at radius 3 is 2.52 bits per heavy atom. The minimum atomic E-state index is -0.791. The Balaban J connectivity index is 1.98. The Morgan fingerprint density at radius 1 is 1.14 bits per heavy atom. The second-order valence-corrected chi connectivity index (χ2v) is 6.42. The summed E-state index contributed by atoms with van der Waals surface area (Å²) in [4.78, 5) is 23.9. The van der Waals surface area contributed by atoms with Crippen LogP contribution < -0.4 is 10.6 Å². The zero-order chi connectivity index (χ0) is 15.0. The Kier molecular flexibility index (Phi) is 3.79. The zero-order valence-electron chi connectivity index (χ0n) is 10.7. The van der Waals surface area contributed by atoms with E-state index < -0.39 is 6.10 Å². The van der Waals surface area contributed by atoms with Crippen LogP contribution in [0.25, 0.3) is 0 Å². The number of thiophene rings is 1. The van der Waals surface area contributed by atoms with E-state index in [1.54, 1.807) is 18.2 Å². The van der Waals surface area contributed by atoms with Crippen LogP contribution in [0.4, 0.5) is 11.4 Å². The van der Waals surface area contributed by atoms with Gasteiger partial charge >= 0.3 is 0 Å². The van der Waals surface area contributed by atoms with Gasteiger partial charge in [-0.15, -0.1) is 11.3 Å². The van der Waals surface area contributed by atoms with Crippen molar-refractivity contribution in [3.8, 4) is 0 Å². The smallest absolute Gasteiger partial charge is 0.233 e. The average molecular weight is 367 g/mol. The summed E-state index contributed by atoms with van der Waals surface area (Å²) in [7, 11) is 0. The molecule has 21 heavy (non-hydrogen) atoms. The molecule has 1 atom stereocenters. The quantitative estimate of drug-likeness (QED) is 0.715. The number of aliphatic hydroxyl groups is 1. The van der Waals surface area contributed by atoms with Crippen molar-refractivity contribution in [2.75, 3.05) is 10.6 Å². The number of carbonyl (C=O) groups excluding carboxylic acids is 2. The molecule has 1 aromatic heterocycles. The highest BCUT2D eigenvalue weighted by Gasteiger charge is 2.21. The van der Waals surface area contributed by atoms with Crippen molar-refractivity contribution in [2.24, 2.45) is 0 Å². The molecule has 1 aliphatic heterocycles. The maximum Gasteiger partial charge on any atom is 0.233 e. The molecule has 1 aliphatic rings. The van der Waals surface area contributed by atoms with Crippen molar-refractivity contribution in [1.82, 2.24) is 0 Å². The topological polar surface area (TPSA) is 78.4 Å². The fraction of sp³-hybridized carbons (Fsp3) is 0.143. The molecule has 0 aliphatic carbocycles. The lowest BCUT2D eigenvalue weighted by Crippen LogP contribution is -2.16. The third-order valence-corrected chi connectivity index (χ3v) is 5.04. The van der Waals surface area contributed by atoms with E-state index in [0.717, 1.165) is 9.35 Å². The molecule has 108 valence electrons. The molecule has 0 saturated carbocycles. The molecule has 0 spiro atoms. The van der Waals surface area contributed by atoms with Crippen LogP contribution in [0.15, 0.2) is 34.1 Å². The summed E-state index contributed by atoms with van der Waals surface area (Å²) in [5, 5.41) is 17.6. The highest BCUT2D eigenvalue weighted by molar-refractivity contribution is 9.10.